The van der Waals surface area contributed by atoms with Crippen LogP contribution in [-0.4, -0.2) is 52.3 Å². The number of alkyl halides is 6. The number of aliphatic hydroxyl groups is 1. The van der Waals surface area contributed by atoms with Crippen LogP contribution in [0.4, 0.5) is 30.7 Å². The van der Waals surface area contributed by atoms with Crippen molar-refractivity contribution in [2.75, 3.05) is 13.2 Å². The number of ether oxygens (including phenoxy) is 2. The first-order valence-electron chi connectivity index (χ1n) is 15.1. The second-order valence-corrected chi connectivity index (χ2v) is 12.2. The van der Waals surface area contributed by atoms with E-state index in [4.69, 9.17) is 15.2 Å². The Kier molecular flexibility index (Phi) is 8.49. The van der Waals surface area contributed by atoms with Gasteiger partial charge in [0.2, 0.25) is 11.5 Å². The van der Waals surface area contributed by atoms with E-state index in [2.05, 4.69) is 9.97 Å². The molecule has 9 nitrogen and oxygen atoms in total. The molecule has 3 heterocycles. The summed E-state index contributed by atoms with van der Waals surface area (Å²) in [4.78, 5) is 33.6. The Morgan fingerprint density at radius 2 is 1.74 bits per heavy atom. The Morgan fingerprint density at radius 3 is 2.36 bits per heavy atom. The van der Waals surface area contributed by atoms with Gasteiger partial charge in [0.25, 0.3) is 5.91 Å². The van der Waals surface area contributed by atoms with Crippen molar-refractivity contribution in [1.82, 2.24) is 15.3 Å². The van der Waals surface area contributed by atoms with Crippen LogP contribution in [0.25, 0.3) is 22.4 Å². The average Bonchev–Trinajstić information content (AvgIpc) is 3.82. The van der Waals surface area contributed by atoms with Crippen LogP contribution in [0.3, 0.4) is 0 Å². The standard InChI is InChI=1S/C34H27F7N4O5/c1-31(30(42)47)16-49-28-24(31)13-26(45-27(28)17-2-5-19(35)6-3-17)32(48,34(39,40)41)15-44-29(46)18-4-9-25(50-20-7-8-20)21(12-18)22-14-43-11-10-23(22)33(36,37)38/h2-6,9-14,20,48H,7-8,15-16H2,1H3,(H2,42,47)(H,44,46)/t31-,32?/m0/s1. The number of hydrogen-bond donors (Lipinski definition) is 3. The van der Waals surface area contributed by atoms with Crippen LogP contribution in [-0.2, 0) is 22.0 Å². The van der Waals surface area contributed by atoms with Gasteiger partial charge >= 0.3 is 12.4 Å². The Bertz CT molecular complexity index is 1980. The maximum Gasteiger partial charge on any atom is 0.424 e. The van der Waals surface area contributed by atoms with Gasteiger partial charge in [0.15, 0.2) is 0 Å². The molecule has 1 saturated carbocycles. The first-order chi connectivity index (χ1) is 23.4. The van der Waals surface area contributed by atoms with Gasteiger partial charge in [-0.05, 0) is 74.4 Å². The van der Waals surface area contributed by atoms with Crippen molar-refractivity contribution in [1.29, 1.82) is 0 Å². The number of amides is 2. The Hall–Kier alpha value is -5.25. The van der Waals surface area contributed by atoms with Gasteiger partial charge in [-0.2, -0.15) is 26.3 Å². The van der Waals surface area contributed by atoms with Gasteiger partial charge in [-0.3, -0.25) is 14.6 Å². The molecule has 0 radical (unpaired) electrons. The first kappa shape index (κ1) is 34.6. The van der Waals surface area contributed by atoms with Crippen LogP contribution in [0.15, 0.2) is 67.0 Å². The molecule has 4 N–H and O–H groups in total. The Labute approximate surface area is 279 Å². The first-order valence-corrected chi connectivity index (χ1v) is 15.1. The number of primary amides is 1. The van der Waals surface area contributed by atoms with Gasteiger partial charge in [0.1, 0.15) is 35.0 Å². The number of aromatic nitrogens is 2. The lowest BCUT2D eigenvalue weighted by Gasteiger charge is -2.31. The van der Waals surface area contributed by atoms with E-state index >= 15 is 0 Å². The van der Waals surface area contributed by atoms with Gasteiger partial charge in [-0.25, -0.2) is 9.37 Å². The van der Waals surface area contributed by atoms with Gasteiger partial charge in [-0.15, -0.1) is 0 Å². The zero-order valence-corrected chi connectivity index (χ0v) is 26.0. The van der Waals surface area contributed by atoms with Gasteiger partial charge in [0.05, 0.1) is 23.9 Å². The fourth-order valence-corrected chi connectivity index (χ4v) is 5.46. The molecule has 2 atom stereocenters. The summed E-state index contributed by atoms with van der Waals surface area (Å²) in [6.45, 7) is -0.559. The molecule has 4 aromatic rings. The predicted molar refractivity (Wildman–Crippen MR) is 162 cm³/mol. The van der Waals surface area contributed by atoms with Crippen molar-refractivity contribution in [3.8, 4) is 33.9 Å². The molecule has 1 aliphatic carbocycles. The molecule has 1 unspecified atom stereocenters. The fourth-order valence-electron chi connectivity index (χ4n) is 5.46. The summed E-state index contributed by atoms with van der Waals surface area (Å²) in [5, 5.41) is 13.3. The highest BCUT2D eigenvalue weighted by Crippen LogP contribution is 2.48. The third-order valence-corrected chi connectivity index (χ3v) is 8.61. The minimum atomic E-state index is -5.49. The summed E-state index contributed by atoms with van der Waals surface area (Å²) in [6.07, 6.45) is -7.39. The van der Waals surface area contributed by atoms with E-state index in [1.807, 2.05) is 5.32 Å². The molecule has 0 bridgehead atoms. The van der Waals surface area contributed by atoms with Crippen LogP contribution in [0.2, 0.25) is 0 Å². The van der Waals surface area contributed by atoms with E-state index in [9.17, 15) is 45.4 Å². The maximum absolute atomic E-state index is 14.8. The average molecular weight is 705 g/mol. The van der Waals surface area contributed by atoms with Crippen LogP contribution >= 0.6 is 0 Å². The number of fused-ring (bicyclic) bond motifs is 1. The van der Waals surface area contributed by atoms with E-state index < -0.39 is 64.4 Å². The van der Waals surface area contributed by atoms with Crippen LogP contribution < -0.4 is 20.5 Å². The van der Waals surface area contributed by atoms with Crippen molar-refractivity contribution in [2.24, 2.45) is 5.73 Å². The summed E-state index contributed by atoms with van der Waals surface area (Å²) in [6, 6.07) is 9.42. The molecule has 2 aliphatic rings. The minimum absolute atomic E-state index is 0.00438. The number of rotatable bonds is 9. The molecule has 16 heteroatoms. The van der Waals surface area contributed by atoms with Crippen LogP contribution in [0.1, 0.15) is 46.9 Å². The molecule has 6 rings (SSSR count). The van der Waals surface area contributed by atoms with Crippen molar-refractivity contribution in [2.45, 2.75) is 49.2 Å². The number of nitrogens with zero attached hydrogens (tertiary/aromatic N) is 2. The highest BCUT2D eigenvalue weighted by molar-refractivity contribution is 5.96. The highest BCUT2D eigenvalue weighted by Gasteiger charge is 2.57. The molecular weight excluding hydrogens is 677 g/mol. The lowest BCUT2D eigenvalue weighted by Crippen LogP contribution is -2.51. The molecule has 262 valence electrons. The summed E-state index contributed by atoms with van der Waals surface area (Å²) in [5.41, 5.74) is -3.34. The summed E-state index contributed by atoms with van der Waals surface area (Å²) >= 11 is 0. The maximum atomic E-state index is 14.8. The van der Waals surface area contributed by atoms with Gasteiger partial charge in [0, 0.05) is 40.2 Å². The lowest BCUT2D eigenvalue weighted by atomic mass is 9.81. The number of halogens is 7. The number of benzene rings is 2. The van der Waals surface area contributed by atoms with Crippen LogP contribution in [0.5, 0.6) is 11.5 Å². The topological polar surface area (TPSA) is 137 Å². The molecule has 2 aromatic heterocycles. The monoisotopic (exact) mass is 704 g/mol. The number of hydrogen-bond acceptors (Lipinski definition) is 7. The number of carbonyl (C=O) groups excluding carboxylic acids is 2. The zero-order chi connectivity index (χ0) is 36.2. The highest BCUT2D eigenvalue weighted by atomic mass is 19.4. The summed E-state index contributed by atoms with van der Waals surface area (Å²) < 4.78 is 111. The lowest BCUT2D eigenvalue weighted by molar-refractivity contribution is -0.265. The molecule has 0 saturated heterocycles. The molecule has 2 aromatic carbocycles. The second-order valence-electron chi connectivity index (χ2n) is 12.2. The number of pyridine rings is 2. The van der Waals surface area contributed by atoms with E-state index in [1.165, 1.54) is 25.1 Å². The minimum Gasteiger partial charge on any atom is -0.490 e. The Morgan fingerprint density at radius 1 is 1.04 bits per heavy atom. The molecule has 1 fully saturated rings. The normalized spacial score (nSPS) is 18.5. The molecule has 0 spiro atoms. The van der Waals surface area contributed by atoms with E-state index in [-0.39, 0.29) is 52.2 Å². The van der Waals surface area contributed by atoms with Crippen molar-refractivity contribution in [3.63, 3.8) is 0 Å². The van der Waals surface area contributed by atoms with E-state index in [1.54, 1.807) is 0 Å². The van der Waals surface area contributed by atoms with Crippen LogP contribution in [0, 0.1) is 5.82 Å². The molecule has 2 amide bonds. The SMILES string of the molecule is C[C@]1(C(N)=O)COc2c1cc(C(O)(CNC(=O)c1ccc(OC3CC3)c(-c3cnccc3C(F)(F)F)c1)C(F)(F)F)nc2-c1ccc(F)cc1. The smallest absolute Gasteiger partial charge is 0.424 e. The summed E-state index contributed by atoms with van der Waals surface area (Å²) in [5.74, 6) is -2.90. The van der Waals surface area contributed by atoms with E-state index in [0.717, 1.165) is 48.8 Å². The van der Waals surface area contributed by atoms with Crippen molar-refractivity contribution >= 4 is 11.8 Å². The van der Waals surface area contributed by atoms with Gasteiger partial charge < -0.3 is 25.6 Å². The number of nitrogens with one attached hydrogen (secondary N) is 1. The third-order valence-electron chi connectivity index (χ3n) is 8.61. The molecule has 50 heavy (non-hydrogen) atoms. The summed E-state index contributed by atoms with van der Waals surface area (Å²) in [7, 11) is 0. The number of nitrogens with two attached hydrogens (primary N) is 1. The number of carbonyl (C=O) groups is 2. The third kappa shape index (κ3) is 6.30. The largest absolute Gasteiger partial charge is 0.490 e. The Balaban J connectivity index is 1.39. The van der Waals surface area contributed by atoms with Gasteiger partial charge in [-0.1, -0.05) is 0 Å². The van der Waals surface area contributed by atoms with E-state index in [0.29, 0.717) is 12.8 Å². The quantitative estimate of drug-likeness (QED) is 0.187. The zero-order valence-electron chi connectivity index (χ0n) is 26.0. The van der Waals surface area contributed by atoms with Crippen molar-refractivity contribution in [3.05, 3.63) is 95.2 Å². The molecular formula is C34H27F7N4O5. The molecule has 1 aliphatic heterocycles. The van der Waals surface area contributed by atoms with Crippen molar-refractivity contribution < 1.29 is 54.9 Å². The second kappa shape index (κ2) is 12.3. The predicted octanol–water partition coefficient (Wildman–Crippen LogP) is 5.83. The fraction of sp³-hybridized carbons (Fsp3) is 0.294.